The van der Waals surface area contributed by atoms with Gasteiger partial charge in [-0.15, -0.1) is 0 Å². The first-order valence-corrected chi connectivity index (χ1v) is 12.6. The second-order valence-electron chi connectivity index (χ2n) is 11.5. The van der Waals surface area contributed by atoms with Crippen molar-refractivity contribution in [2.75, 3.05) is 0 Å². The normalized spacial score (nSPS) is 47.4. The highest BCUT2D eigenvalue weighted by atomic mass is 16.3. The van der Waals surface area contributed by atoms with Crippen molar-refractivity contribution < 1.29 is 20.4 Å². The second kappa shape index (κ2) is 8.87. The van der Waals surface area contributed by atoms with Crippen LogP contribution in [0.5, 0.6) is 0 Å². The molecule has 4 rings (SSSR count). The molecule has 0 heterocycles. The maximum atomic E-state index is 10.5. The summed E-state index contributed by atoms with van der Waals surface area (Å²) in [7, 11) is 0. The van der Waals surface area contributed by atoms with Crippen LogP contribution in [0.1, 0.15) is 78.6 Å². The van der Waals surface area contributed by atoms with E-state index in [9.17, 15) is 20.4 Å². The third-order valence-corrected chi connectivity index (χ3v) is 9.27. The van der Waals surface area contributed by atoms with E-state index in [1.165, 1.54) is 31.3 Å². The standard InChI is InChI=1S/C28H42O4/c1-17(14-21-11-13-28(4,32)26(21)31)23-9-10-24-19(6-5-12-27(23,24)3)7-8-20-15-22(29)16-25(30)18(20)2/h7-8,14,17,22-26,29-32H,2,5-6,9-13,15-16H2,1,3-4H3/b19-7+,20-8-,21-14+/t17-,22-,23-,24?,25+,26?,27-,28+/m1/s1. The number of fused-ring (bicyclic) bond motifs is 1. The van der Waals surface area contributed by atoms with Crippen molar-refractivity contribution in [2.24, 2.45) is 23.2 Å². The lowest BCUT2D eigenvalue weighted by molar-refractivity contribution is -0.0265. The van der Waals surface area contributed by atoms with Crippen LogP contribution in [0.2, 0.25) is 0 Å². The molecular formula is C28H42O4. The van der Waals surface area contributed by atoms with Crippen LogP contribution in [0, 0.1) is 23.2 Å². The molecule has 4 nitrogen and oxygen atoms in total. The van der Waals surface area contributed by atoms with E-state index in [2.05, 4.69) is 38.7 Å². The Kier molecular flexibility index (Phi) is 6.63. The highest BCUT2D eigenvalue weighted by molar-refractivity contribution is 5.38. The summed E-state index contributed by atoms with van der Waals surface area (Å²) < 4.78 is 0. The lowest BCUT2D eigenvalue weighted by atomic mass is 9.61. The van der Waals surface area contributed by atoms with E-state index in [4.69, 9.17) is 0 Å². The molecule has 0 amide bonds. The molecule has 0 saturated heterocycles. The summed E-state index contributed by atoms with van der Waals surface area (Å²) in [4.78, 5) is 0. The summed E-state index contributed by atoms with van der Waals surface area (Å²) in [5.74, 6) is 1.51. The van der Waals surface area contributed by atoms with Crippen LogP contribution in [0.25, 0.3) is 0 Å². The molecule has 4 aliphatic rings. The monoisotopic (exact) mass is 442 g/mol. The highest BCUT2D eigenvalue weighted by Gasteiger charge is 2.50. The second-order valence-corrected chi connectivity index (χ2v) is 11.5. The molecule has 0 aliphatic heterocycles. The molecule has 0 aromatic rings. The van der Waals surface area contributed by atoms with Gasteiger partial charge in [0.25, 0.3) is 0 Å². The minimum absolute atomic E-state index is 0.244. The van der Waals surface area contributed by atoms with Crippen LogP contribution in [0.3, 0.4) is 0 Å². The van der Waals surface area contributed by atoms with Gasteiger partial charge >= 0.3 is 0 Å². The van der Waals surface area contributed by atoms with E-state index in [1.54, 1.807) is 6.92 Å². The van der Waals surface area contributed by atoms with Crippen molar-refractivity contribution in [3.8, 4) is 0 Å². The maximum Gasteiger partial charge on any atom is 0.103 e. The van der Waals surface area contributed by atoms with Gasteiger partial charge in [0.15, 0.2) is 0 Å². The largest absolute Gasteiger partial charge is 0.393 e. The number of allylic oxidation sites excluding steroid dienone is 4. The molecule has 178 valence electrons. The molecule has 0 aromatic carbocycles. The van der Waals surface area contributed by atoms with Gasteiger partial charge in [0.05, 0.1) is 17.8 Å². The predicted molar refractivity (Wildman–Crippen MR) is 128 cm³/mol. The summed E-state index contributed by atoms with van der Waals surface area (Å²) in [6.07, 6.45) is 13.0. The van der Waals surface area contributed by atoms with Gasteiger partial charge in [-0.2, -0.15) is 0 Å². The van der Waals surface area contributed by atoms with Crippen LogP contribution < -0.4 is 0 Å². The van der Waals surface area contributed by atoms with Crippen molar-refractivity contribution in [3.05, 3.63) is 47.1 Å². The van der Waals surface area contributed by atoms with Gasteiger partial charge < -0.3 is 20.4 Å². The van der Waals surface area contributed by atoms with Gasteiger partial charge in [0.1, 0.15) is 6.10 Å². The number of hydrogen-bond acceptors (Lipinski definition) is 4. The Labute approximate surface area is 193 Å². The minimum atomic E-state index is -0.994. The van der Waals surface area contributed by atoms with E-state index < -0.39 is 23.9 Å². The van der Waals surface area contributed by atoms with Crippen LogP contribution in [-0.2, 0) is 0 Å². The Bertz CT molecular complexity index is 834. The molecule has 4 N–H and O–H groups in total. The van der Waals surface area contributed by atoms with Crippen LogP contribution in [0.4, 0.5) is 0 Å². The van der Waals surface area contributed by atoms with Crippen LogP contribution in [-0.4, -0.2) is 44.3 Å². The molecule has 0 aromatic heterocycles. The smallest absolute Gasteiger partial charge is 0.103 e. The summed E-state index contributed by atoms with van der Waals surface area (Å²) in [5.41, 5.74) is 3.49. The Morgan fingerprint density at radius 2 is 1.78 bits per heavy atom. The Morgan fingerprint density at radius 1 is 1.03 bits per heavy atom. The molecule has 8 atom stereocenters. The van der Waals surface area contributed by atoms with E-state index in [1.807, 2.05) is 0 Å². The first-order chi connectivity index (χ1) is 15.0. The van der Waals surface area contributed by atoms with Crippen molar-refractivity contribution in [1.29, 1.82) is 0 Å². The third-order valence-electron chi connectivity index (χ3n) is 9.27. The van der Waals surface area contributed by atoms with Crippen LogP contribution >= 0.6 is 0 Å². The highest BCUT2D eigenvalue weighted by Crippen LogP contribution is 2.59. The Balaban J connectivity index is 1.53. The van der Waals surface area contributed by atoms with Crippen molar-refractivity contribution in [1.82, 2.24) is 0 Å². The third kappa shape index (κ3) is 4.32. The van der Waals surface area contributed by atoms with Crippen LogP contribution in [0.15, 0.2) is 47.1 Å². The average molecular weight is 443 g/mol. The first-order valence-electron chi connectivity index (χ1n) is 12.6. The van der Waals surface area contributed by atoms with Gasteiger partial charge in [0.2, 0.25) is 0 Å². The van der Waals surface area contributed by atoms with Gasteiger partial charge in [-0.1, -0.05) is 44.2 Å². The molecule has 0 spiro atoms. The predicted octanol–water partition coefficient (Wildman–Crippen LogP) is 4.60. The summed E-state index contributed by atoms with van der Waals surface area (Å²) in [5, 5.41) is 41.1. The zero-order chi connectivity index (χ0) is 23.3. The Hall–Kier alpha value is -1.20. The molecule has 4 aliphatic carbocycles. The zero-order valence-corrected chi connectivity index (χ0v) is 20.1. The van der Waals surface area contributed by atoms with Gasteiger partial charge in [-0.3, -0.25) is 0 Å². The molecule has 0 radical (unpaired) electrons. The number of hydrogen-bond donors (Lipinski definition) is 4. The number of rotatable bonds is 3. The van der Waals surface area contributed by atoms with Crippen molar-refractivity contribution in [2.45, 2.75) is 102 Å². The van der Waals surface area contributed by atoms with E-state index in [0.717, 1.165) is 29.6 Å². The lowest BCUT2D eigenvalue weighted by Gasteiger charge is -2.44. The summed E-state index contributed by atoms with van der Waals surface area (Å²) >= 11 is 0. The fraction of sp³-hybridized carbons (Fsp3) is 0.714. The number of aliphatic hydroxyl groups excluding tert-OH is 3. The molecular weight excluding hydrogens is 400 g/mol. The molecule has 4 fully saturated rings. The quantitative estimate of drug-likeness (QED) is 0.482. The summed E-state index contributed by atoms with van der Waals surface area (Å²) in [6, 6.07) is 0. The molecule has 0 bridgehead atoms. The topological polar surface area (TPSA) is 80.9 Å². The van der Waals surface area contributed by atoms with Gasteiger partial charge in [0, 0.05) is 6.42 Å². The first kappa shape index (κ1) is 23.9. The van der Waals surface area contributed by atoms with Crippen molar-refractivity contribution in [3.63, 3.8) is 0 Å². The number of aliphatic hydroxyl groups is 4. The molecule has 32 heavy (non-hydrogen) atoms. The van der Waals surface area contributed by atoms with E-state index in [0.29, 0.717) is 37.0 Å². The fourth-order valence-electron chi connectivity index (χ4n) is 7.31. The fourth-order valence-corrected chi connectivity index (χ4v) is 7.31. The van der Waals surface area contributed by atoms with Crippen molar-refractivity contribution >= 4 is 0 Å². The Morgan fingerprint density at radius 3 is 2.47 bits per heavy atom. The van der Waals surface area contributed by atoms with Gasteiger partial charge in [-0.25, -0.2) is 0 Å². The lowest BCUT2D eigenvalue weighted by Crippen LogP contribution is -2.36. The SMILES string of the molecule is C=C1/C(=C\C=C2/CCC[C@@]3(C)C2CC[C@@H]3[C@H](C)/C=C2\CC[C@](C)(O)C2O)C[C@@H](O)C[C@@H]1O. The summed E-state index contributed by atoms with van der Waals surface area (Å²) in [6.45, 7) is 10.5. The molecule has 4 heteroatoms. The van der Waals surface area contributed by atoms with Gasteiger partial charge in [-0.05, 0) is 98.2 Å². The average Bonchev–Trinajstić information content (AvgIpc) is 3.21. The molecule has 4 saturated carbocycles. The maximum absolute atomic E-state index is 10.5. The minimum Gasteiger partial charge on any atom is -0.393 e. The van der Waals surface area contributed by atoms with E-state index >= 15 is 0 Å². The zero-order valence-electron chi connectivity index (χ0n) is 20.1. The van der Waals surface area contributed by atoms with E-state index in [-0.39, 0.29) is 5.41 Å². The molecule has 2 unspecified atom stereocenters.